The molecule has 0 aliphatic carbocycles. The molecule has 0 fully saturated rings. The molecular formula is C3H7OTa2. The maximum absolute atomic E-state index is 5.27. The van der Waals surface area contributed by atoms with Crippen LogP contribution in [0.15, 0.2) is 0 Å². The Morgan fingerprint density at radius 3 is 2.17 bits per heavy atom. The molecule has 6 heavy (non-hydrogen) atoms. The van der Waals surface area contributed by atoms with Crippen molar-refractivity contribution in [2.75, 3.05) is 0 Å². The van der Waals surface area contributed by atoms with Crippen molar-refractivity contribution in [3.8, 4) is 0 Å². The summed E-state index contributed by atoms with van der Waals surface area (Å²) in [5.74, 6) is 0. The first-order chi connectivity index (χ1) is 2.77. The zero-order chi connectivity index (χ0) is 4.99. The Hall–Kier alpha value is 1.44. The fourth-order valence-electron chi connectivity index (χ4n) is 0.0943. The van der Waals surface area contributed by atoms with Gasteiger partial charge < -0.3 is 0 Å². The van der Waals surface area contributed by atoms with Gasteiger partial charge in [-0.1, -0.05) is 0 Å². The molecule has 0 aliphatic rings. The Balaban J connectivity index is 2.63. The van der Waals surface area contributed by atoms with Crippen LogP contribution in [0.1, 0.15) is 13.8 Å². The van der Waals surface area contributed by atoms with Crippen LogP contribution < -0.4 is 0 Å². The van der Waals surface area contributed by atoms with E-state index in [0.29, 0.717) is 6.10 Å². The quantitative estimate of drug-likeness (QED) is 0.644. The molecule has 0 saturated heterocycles. The summed E-state index contributed by atoms with van der Waals surface area (Å²) >= 11 is 1.20. The molecule has 0 unspecified atom stereocenters. The first-order valence-electron chi connectivity index (χ1n) is 1.77. The Morgan fingerprint density at radius 1 is 1.67 bits per heavy atom. The molecule has 35 valence electrons. The van der Waals surface area contributed by atoms with Crippen LogP contribution in [0, 0.1) is 0 Å². The van der Waals surface area contributed by atoms with Gasteiger partial charge in [-0.05, 0) is 0 Å². The molecule has 0 saturated carbocycles. The predicted octanol–water partition coefficient (Wildman–Crippen LogP) is 0.871. The molecule has 0 radical (unpaired) electrons. The van der Waals surface area contributed by atoms with Gasteiger partial charge in [-0.15, -0.1) is 0 Å². The van der Waals surface area contributed by atoms with Crippen LogP contribution >= 0.6 is 0 Å². The van der Waals surface area contributed by atoms with E-state index in [2.05, 4.69) is 13.8 Å². The number of hydrogen-bond acceptors (Lipinski definition) is 1. The zero-order valence-corrected chi connectivity index (χ0v) is 10.3. The third-order valence-electron chi connectivity index (χ3n) is 0.258. The minimum absolute atomic E-state index is 0.312. The molecule has 0 spiro atoms. The Kier molecular flexibility index (Phi) is 5.70. The van der Waals surface area contributed by atoms with Crippen LogP contribution in [-0.4, -0.2) is 6.10 Å². The Bertz CT molecular complexity index is 30.0. The SMILES string of the molecule is CC(C)[O][Ta][Ta]. The summed E-state index contributed by atoms with van der Waals surface area (Å²) in [6, 6.07) is 0. The average Bonchev–Trinajstić information content (AvgIpc) is 1.35. The van der Waals surface area contributed by atoms with Crippen LogP contribution in [0.2, 0.25) is 0 Å². The predicted molar refractivity (Wildman–Crippen MR) is 16.2 cm³/mol. The summed E-state index contributed by atoms with van der Waals surface area (Å²) in [6.45, 7) is 4.19. The summed E-state index contributed by atoms with van der Waals surface area (Å²) in [5, 5.41) is 0. The van der Waals surface area contributed by atoms with Gasteiger partial charge >= 0.3 is 57.6 Å². The Morgan fingerprint density at radius 2 is 2.17 bits per heavy atom. The van der Waals surface area contributed by atoms with Crippen molar-refractivity contribution in [1.82, 2.24) is 0 Å². The number of rotatable bonds is 2. The van der Waals surface area contributed by atoms with Gasteiger partial charge in [0.1, 0.15) is 0 Å². The van der Waals surface area contributed by atoms with E-state index in [1.807, 2.05) is 0 Å². The van der Waals surface area contributed by atoms with Crippen molar-refractivity contribution in [3.63, 3.8) is 0 Å². The first-order valence-corrected chi connectivity index (χ1v) is 16.3. The summed E-state index contributed by atoms with van der Waals surface area (Å²) in [6.07, 6.45) is 0.506. The third kappa shape index (κ3) is 5.44. The van der Waals surface area contributed by atoms with Crippen molar-refractivity contribution in [1.29, 1.82) is 0 Å². The molecule has 0 aliphatic heterocycles. The fraction of sp³-hybridized carbons (Fsp3) is 1.00. The van der Waals surface area contributed by atoms with E-state index in [-0.39, 0.29) is 16.7 Å². The van der Waals surface area contributed by atoms with Crippen molar-refractivity contribution in [2.45, 2.75) is 20.0 Å². The van der Waals surface area contributed by atoms with Gasteiger partial charge in [0.15, 0.2) is 0 Å². The summed E-state index contributed by atoms with van der Waals surface area (Å²) in [7, 11) is 0. The third-order valence-corrected chi connectivity index (χ3v) is 4.88. The van der Waals surface area contributed by atoms with Crippen LogP contribution in [0.4, 0.5) is 0 Å². The molecule has 0 aromatic heterocycles. The van der Waals surface area contributed by atoms with Gasteiger partial charge in [-0.25, -0.2) is 0 Å². The fourth-order valence-corrected chi connectivity index (χ4v) is 6.32. The van der Waals surface area contributed by atoms with Gasteiger partial charge in [0.2, 0.25) is 0 Å². The normalized spacial score (nSPS) is 9.17. The second-order valence-electron chi connectivity index (χ2n) is 1.24. The van der Waals surface area contributed by atoms with Gasteiger partial charge in [0, 0.05) is 0 Å². The summed E-state index contributed by atoms with van der Waals surface area (Å²) in [4.78, 5) is 0. The van der Waals surface area contributed by atoms with Gasteiger partial charge in [-0.2, -0.15) is 0 Å². The summed E-state index contributed by atoms with van der Waals surface area (Å²) in [5.41, 5.74) is 0. The minimum atomic E-state index is -0.312. The molecule has 0 aromatic carbocycles. The number of hydrogen-bond donors (Lipinski definition) is 0. The zero-order valence-electron chi connectivity index (χ0n) is 3.88. The Labute approximate surface area is 57.3 Å². The molecule has 0 N–H and O–H groups in total. The van der Waals surface area contributed by atoms with Crippen molar-refractivity contribution < 1.29 is 37.6 Å². The second-order valence-corrected chi connectivity index (χ2v) is 7.38. The molecule has 0 rings (SSSR count). The molecule has 3 heteroatoms. The van der Waals surface area contributed by atoms with Crippen molar-refractivity contribution in [2.24, 2.45) is 0 Å². The molecule has 1 nitrogen and oxygen atoms in total. The van der Waals surface area contributed by atoms with Crippen LogP contribution in [0.25, 0.3) is 0 Å². The van der Waals surface area contributed by atoms with Gasteiger partial charge in [0.05, 0.1) is 0 Å². The van der Waals surface area contributed by atoms with E-state index >= 15 is 0 Å². The van der Waals surface area contributed by atoms with E-state index in [1.54, 1.807) is 0 Å². The standard InChI is InChI=1S/C3H7O.2Ta/c1-3(2)4;;/h3H,1-2H3;;/q-1;;+1. The molecule has 0 heterocycles. The monoisotopic (exact) mass is 421 g/mol. The maximum atomic E-state index is 5.27. The van der Waals surface area contributed by atoms with E-state index < -0.39 is 0 Å². The molecule has 0 amide bonds. The second kappa shape index (κ2) is 4.60. The van der Waals surface area contributed by atoms with E-state index in [1.165, 1.54) is 17.6 Å². The van der Waals surface area contributed by atoms with E-state index in [9.17, 15) is 0 Å². The van der Waals surface area contributed by atoms with Crippen LogP contribution in [0.3, 0.4) is 0 Å². The van der Waals surface area contributed by atoms with Gasteiger partial charge in [-0.3, -0.25) is 0 Å². The molecule has 0 bridgehead atoms. The molecule has 0 atom stereocenters. The van der Waals surface area contributed by atoms with E-state index in [0.717, 1.165) is 0 Å². The van der Waals surface area contributed by atoms with Crippen molar-refractivity contribution in [3.05, 3.63) is 0 Å². The molecule has 0 aromatic rings. The summed E-state index contributed by atoms with van der Waals surface area (Å²) < 4.78 is 5.27. The van der Waals surface area contributed by atoms with E-state index in [4.69, 9.17) is 3.24 Å². The van der Waals surface area contributed by atoms with Crippen LogP contribution in [0.5, 0.6) is 0 Å². The molecular weight excluding hydrogens is 414 g/mol. The topological polar surface area (TPSA) is 9.23 Å². The average molecular weight is 421 g/mol. The van der Waals surface area contributed by atoms with Crippen molar-refractivity contribution >= 4 is 0 Å². The van der Waals surface area contributed by atoms with Crippen LogP contribution in [-0.2, 0) is 37.6 Å². The van der Waals surface area contributed by atoms with Gasteiger partial charge in [0.25, 0.3) is 0 Å². The first kappa shape index (κ1) is 7.44.